The van der Waals surface area contributed by atoms with Crippen LogP contribution in [0.2, 0.25) is 0 Å². The van der Waals surface area contributed by atoms with E-state index in [1.165, 1.54) is 32.4 Å². The van der Waals surface area contributed by atoms with Gasteiger partial charge in [0.05, 0.1) is 0 Å². The van der Waals surface area contributed by atoms with E-state index in [4.69, 9.17) is 5.73 Å². The van der Waals surface area contributed by atoms with E-state index in [1.807, 2.05) is 0 Å². The van der Waals surface area contributed by atoms with Crippen molar-refractivity contribution < 1.29 is 4.79 Å². The number of likely N-dealkylation sites (tertiary alicyclic amines) is 1. The third kappa shape index (κ3) is 5.02. The van der Waals surface area contributed by atoms with Crippen molar-refractivity contribution in [2.24, 2.45) is 11.7 Å². The number of carbonyl (C=O) groups is 1. The minimum absolute atomic E-state index is 0.417. The molecule has 1 fully saturated rings. The van der Waals surface area contributed by atoms with Gasteiger partial charge in [0.2, 0.25) is 0 Å². The predicted molar refractivity (Wildman–Crippen MR) is 61.7 cm³/mol. The highest BCUT2D eigenvalue weighted by Crippen LogP contribution is 2.19. The van der Waals surface area contributed by atoms with Crippen LogP contribution < -0.4 is 11.1 Å². The monoisotopic (exact) mass is 213 g/mol. The molecule has 0 aliphatic carbocycles. The van der Waals surface area contributed by atoms with Gasteiger partial charge in [-0.1, -0.05) is 13.3 Å². The summed E-state index contributed by atoms with van der Waals surface area (Å²) in [6.45, 7) is 6.49. The number of nitrogens with zero attached hydrogens (tertiary/aromatic N) is 1. The van der Waals surface area contributed by atoms with E-state index >= 15 is 0 Å². The fraction of sp³-hybridized carbons (Fsp3) is 0.909. The van der Waals surface area contributed by atoms with Crippen LogP contribution in [0.15, 0.2) is 0 Å². The zero-order chi connectivity index (χ0) is 11.1. The fourth-order valence-electron chi connectivity index (χ4n) is 2.13. The quantitative estimate of drug-likeness (QED) is 0.673. The zero-order valence-corrected chi connectivity index (χ0v) is 9.67. The number of urea groups is 1. The highest BCUT2D eigenvalue weighted by atomic mass is 16.2. The van der Waals surface area contributed by atoms with E-state index in [-0.39, 0.29) is 0 Å². The molecule has 2 amide bonds. The molecular formula is C11H23N3O. The fourth-order valence-corrected chi connectivity index (χ4v) is 2.13. The van der Waals surface area contributed by atoms with E-state index in [2.05, 4.69) is 17.1 Å². The molecule has 0 spiro atoms. The van der Waals surface area contributed by atoms with Crippen LogP contribution in [0.4, 0.5) is 4.79 Å². The summed E-state index contributed by atoms with van der Waals surface area (Å²) in [7, 11) is 0. The maximum absolute atomic E-state index is 10.4. The summed E-state index contributed by atoms with van der Waals surface area (Å²) in [4.78, 5) is 12.9. The average molecular weight is 213 g/mol. The Labute approximate surface area is 92.2 Å². The van der Waals surface area contributed by atoms with Gasteiger partial charge in [-0.05, 0) is 44.8 Å². The molecule has 1 heterocycles. The Kier molecular flexibility index (Phi) is 5.47. The van der Waals surface area contributed by atoms with Crippen molar-refractivity contribution in [3.05, 3.63) is 0 Å². The molecule has 0 radical (unpaired) electrons. The van der Waals surface area contributed by atoms with Gasteiger partial charge in [-0.2, -0.15) is 0 Å². The van der Waals surface area contributed by atoms with E-state index in [0.717, 1.165) is 18.9 Å². The van der Waals surface area contributed by atoms with Crippen molar-refractivity contribution in [1.82, 2.24) is 10.2 Å². The van der Waals surface area contributed by atoms with Gasteiger partial charge in [-0.3, -0.25) is 0 Å². The number of primary amides is 1. The van der Waals surface area contributed by atoms with Crippen LogP contribution in [0, 0.1) is 5.92 Å². The standard InChI is InChI=1S/C11H23N3O/c1-2-10-4-8-14(9-5-10)7-3-6-13-11(12)15/h10H,2-9H2,1H3,(H3,12,13,15). The van der Waals surface area contributed by atoms with E-state index in [1.54, 1.807) is 0 Å². The van der Waals surface area contributed by atoms with Crippen LogP contribution in [0.1, 0.15) is 32.6 Å². The normalized spacial score (nSPS) is 19.0. The highest BCUT2D eigenvalue weighted by Gasteiger charge is 2.16. The number of nitrogens with one attached hydrogen (secondary N) is 1. The molecular weight excluding hydrogens is 190 g/mol. The zero-order valence-electron chi connectivity index (χ0n) is 9.67. The molecule has 0 aromatic rings. The molecule has 1 aliphatic rings. The number of hydrogen-bond acceptors (Lipinski definition) is 2. The molecule has 1 saturated heterocycles. The van der Waals surface area contributed by atoms with Crippen LogP contribution >= 0.6 is 0 Å². The molecule has 15 heavy (non-hydrogen) atoms. The number of piperidine rings is 1. The molecule has 4 heteroatoms. The Morgan fingerprint density at radius 2 is 2.13 bits per heavy atom. The highest BCUT2D eigenvalue weighted by molar-refractivity contribution is 5.71. The lowest BCUT2D eigenvalue weighted by molar-refractivity contribution is 0.180. The van der Waals surface area contributed by atoms with Crippen LogP contribution in [-0.4, -0.2) is 37.1 Å². The number of amides is 2. The lowest BCUT2D eigenvalue weighted by atomic mass is 9.94. The van der Waals surface area contributed by atoms with Crippen molar-refractivity contribution in [3.63, 3.8) is 0 Å². The first-order valence-corrected chi connectivity index (χ1v) is 5.98. The Bertz CT molecular complexity index is 188. The molecule has 0 aromatic carbocycles. The molecule has 0 atom stereocenters. The first-order valence-electron chi connectivity index (χ1n) is 5.98. The van der Waals surface area contributed by atoms with Gasteiger partial charge in [0.15, 0.2) is 0 Å². The van der Waals surface area contributed by atoms with Crippen LogP contribution in [0.25, 0.3) is 0 Å². The van der Waals surface area contributed by atoms with Gasteiger partial charge in [0.1, 0.15) is 0 Å². The lowest BCUT2D eigenvalue weighted by Crippen LogP contribution is -2.36. The van der Waals surface area contributed by atoms with Gasteiger partial charge in [-0.25, -0.2) is 4.79 Å². The summed E-state index contributed by atoms with van der Waals surface area (Å²) in [5.74, 6) is 0.935. The Balaban J connectivity index is 2.01. The summed E-state index contributed by atoms with van der Waals surface area (Å²) in [5.41, 5.74) is 4.98. The van der Waals surface area contributed by atoms with E-state index < -0.39 is 6.03 Å². The van der Waals surface area contributed by atoms with Crippen molar-refractivity contribution in [2.75, 3.05) is 26.2 Å². The van der Waals surface area contributed by atoms with Crippen molar-refractivity contribution in [1.29, 1.82) is 0 Å². The van der Waals surface area contributed by atoms with Gasteiger partial charge in [0.25, 0.3) is 0 Å². The first kappa shape index (κ1) is 12.3. The molecule has 0 unspecified atom stereocenters. The summed E-state index contributed by atoms with van der Waals surface area (Å²) in [6.07, 6.45) is 4.98. The summed E-state index contributed by atoms with van der Waals surface area (Å²) in [5, 5.41) is 2.62. The second kappa shape index (κ2) is 6.67. The second-order valence-corrected chi connectivity index (χ2v) is 4.34. The van der Waals surface area contributed by atoms with Crippen LogP contribution in [-0.2, 0) is 0 Å². The summed E-state index contributed by atoms with van der Waals surface area (Å²) >= 11 is 0. The molecule has 0 saturated carbocycles. The summed E-state index contributed by atoms with van der Waals surface area (Å²) < 4.78 is 0. The topological polar surface area (TPSA) is 58.4 Å². The Morgan fingerprint density at radius 3 is 2.67 bits per heavy atom. The largest absolute Gasteiger partial charge is 0.352 e. The molecule has 1 rings (SSSR count). The average Bonchev–Trinajstić information content (AvgIpc) is 2.25. The number of carbonyl (C=O) groups excluding carboxylic acids is 1. The number of rotatable bonds is 5. The minimum Gasteiger partial charge on any atom is -0.352 e. The molecule has 0 bridgehead atoms. The SMILES string of the molecule is CCC1CCN(CCCNC(N)=O)CC1. The van der Waals surface area contributed by atoms with E-state index in [0.29, 0.717) is 6.54 Å². The van der Waals surface area contributed by atoms with Gasteiger partial charge < -0.3 is 16.0 Å². The van der Waals surface area contributed by atoms with Crippen LogP contribution in [0.5, 0.6) is 0 Å². The maximum atomic E-state index is 10.4. The minimum atomic E-state index is -0.417. The third-order valence-electron chi connectivity index (χ3n) is 3.23. The molecule has 4 nitrogen and oxygen atoms in total. The molecule has 0 aromatic heterocycles. The second-order valence-electron chi connectivity index (χ2n) is 4.34. The Morgan fingerprint density at radius 1 is 1.47 bits per heavy atom. The molecule has 3 N–H and O–H groups in total. The lowest BCUT2D eigenvalue weighted by Gasteiger charge is -2.31. The smallest absolute Gasteiger partial charge is 0.312 e. The van der Waals surface area contributed by atoms with Gasteiger partial charge >= 0.3 is 6.03 Å². The maximum Gasteiger partial charge on any atom is 0.312 e. The van der Waals surface area contributed by atoms with Crippen LogP contribution in [0.3, 0.4) is 0 Å². The molecule has 1 aliphatic heterocycles. The molecule has 88 valence electrons. The Hall–Kier alpha value is -0.770. The predicted octanol–water partition coefficient (Wildman–Crippen LogP) is 1.17. The first-order chi connectivity index (χ1) is 7.22. The van der Waals surface area contributed by atoms with Gasteiger partial charge in [-0.15, -0.1) is 0 Å². The number of hydrogen-bond donors (Lipinski definition) is 2. The van der Waals surface area contributed by atoms with Crippen molar-refractivity contribution in [3.8, 4) is 0 Å². The van der Waals surface area contributed by atoms with Crippen molar-refractivity contribution in [2.45, 2.75) is 32.6 Å². The third-order valence-corrected chi connectivity index (χ3v) is 3.23. The van der Waals surface area contributed by atoms with Crippen molar-refractivity contribution >= 4 is 6.03 Å². The number of nitrogens with two attached hydrogens (primary N) is 1. The summed E-state index contributed by atoms with van der Waals surface area (Å²) in [6, 6.07) is -0.417. The van der Waals surface area contributed by atoms with Gasteiger partial charge in [0, 0.05) is 6.54 Å². The van der Waals surface area contributed by atoms with E-state index in [9.17, 15) is 4.79 Å².